The number of aromatic nitrogens is 2. The Morgan fingerprint density at radius 3 is 2.76 bits per heavy atom. The lowest BCUT2D eigenvalue weighted by atomic mass is 10.1. The fourth-order valence-electron chi connectivity index (χ4n) is 2.64. The van der Waals surface area contributed by atoms with E-state index in [-0.39, 0.29) is 0 Å². The Hall–Kier alpha value is -1.24. The summed E-state index contributed by atoms with van der Waals surface area (Å²) in [7, 11) is 0. The molecule has 1 saturated heterocycles. The number of hydrogen-bond acceptors (Lipinski definition) is 4. The van der Waals surface area contributed by atoms with Crippen molar-refractivity contribution in [3.8, 4) is 0 Å². The standard InChI is InChI=1S/C15H20N4S2/c1-11-5-6-13(9-12(11)2)16-14-17-19(15(20)21-14)10-18-7-3-4-8-18/h5-6,9H,3-4,7-8,10H2,1-2H3,(H,16,17)/p+1. The summed E-state index contributed by atoms with van der Waals surface area (Å²) in [6.07, 6.45) is 2.64. The second-order valence-corrected chi connectivity index (χ2v) is 7.33. The molecule has 0 spiro atoms. The van der Waals surface area contributed by atoms with E-state index in [0.717, 1.165) is 21.4 Å². The molecule has 0 amide bonds. The maximum absolute atomic E-state index is 5.44. The van der Waals surface area contributed by atoms with Crippen LogP contribution in [0.4, 0.5) is 10.8 Å². The zero-order valence-corrected chi connectivity index (χ0v) is 14.1. The molecule has 1 aliphatic rings. The van der Waals surface area contributed by atoms with Crippen LogP contribution in [0.3, 0.4) is 0 Å². The van der Waals surface area contributed by atoms with Crippen LogP contribution >= 0.6 is 23.6 Å². The van der Waals surface area contributed by atoms with Crippen molar-refractivity contribution < 1.29 is 4.90 Å². The maximum Gasteiger partial charge on any atom is 0.209 e. The molecule has 1 aliphatic heterocycles. The molecule has 2 N–H and O–H groups in total. The Balaban J connectivity index is 1.73. The Morgan fingerprint density at radius 2 is 2.05 bits per heavy atom. The second-order valence-electron chi connectivity index (χ2n) is 5.71. The van der Waals surface area contributed by atoms with Crippen LogP contribution in [0.2, 0.25) is 0 Å². The highest BCUT2D eigenvalue weighted by Crippen LogP contribution is 2.22. The summed E-state index contributed by atoms with van der Waals surface area (Å²) in [5, 5.41) is 8.87. The molecule has 1 aromatic heterocycles. The number of benzene rings is 1. The number of likely N-dealkylation sites (tertiary alicyclic amines) is 1. The highest BCUT2D eigenvalue weighted by atomic mass is 32.1. The molecule has 112 valence electrons. The van der Waals surface area contributed by atoms with Crippen molar-refractivity contribution in [2.24, 2.45) is 0 Å². The van der Waals surface area contributed by atoms with Gasteiger partial charge in [0.2, 0.25) is 5.13 Å². The number of rotatable bonds is 4. The van der Waals surface area contributed by atoms with E-state index < -0.39 is 0 Å². The van der Waals surface area contributed by atoms with Gasteiger partial charge in [0.25, 0.3) is 0 Å². The first-order chi connectivity index (χ1) is 10.1. The van der Waals surface area contributed by atoms with Crippen LogP contribution in [0.1, 0.15) is 24.0 Å². The average molecular weight is 321 g/mol. The molecule has 4 nitrogen and oxygen atoms in total. The maximum atomic E-state index is 5.44. The SMILES string of the molecule is Cc1ccc(Nc2nn(C[NH+]3CCCC3)c(=S)s2)cc1C. The monoisotopic (exact) mass is 321 g/mol. The normalized spacial score (nSPS) is 15.5. The van der Waals surface area contributed by atoms with E-state index in [2.05, 4.69) is 42.5 Å². The summed E-state index contributed by atoms with van der Waals surface area (Å²) < 4.78 is 2.81. The summed E-state index contributed by atoms with van der Waals surface area (Å²) in [5.74, 6) is 0. The van der Waals surface area contributed by atoms with Crippen LogP contribution in [0, 0.1) is 17.8 Å². The minimum Gasteiger partial charge on any atom is -0.330 e. The average Bonchev–Trinajstić information content (AvgIpc) is 3.06. The van der Waals surface area contributed by atoms with E-state index >= 15 is 0 Å². The summed E-state index contributed by atoms with van der Waals surface area (Å²) >= 11 is 6.98. The Kier molecular flexibility index (Phi) is 4.37. The van der Waals surface area contributed by atoms with E-state index in [1.54, 1.807) is 16.2 Å². The molecule has 6 heteroatoms. The van der Waals surface area contributed by atoms with E-state index in [1.165, 1.54) is 37.1 Å². The van der Waals surface area contributed by atoms with Crippen LogP contribution in [0.15, 0.2) is 18.2 Å². The van der Waals surface area contributed by atoms with Crippen molar-refractivity contribution in [2.45, 2.75) is 33.4 Å². The zero-order chi connectivity index (χ0) is 14.8. The summed E-state index contributed by atoms with van der Waals surface area (Å²) in [6, 6.07) is 6.36. The molecule has 2 aromatic rings. The third kappa shape index (κ3) is 3.51. The van der Waals surface area contributed by atoms with Crippen molar-refractivity contribution in [3.63, 3.8) is 0 Å². The molecule has 21 heavy (non-hydrogen) atoms. The Bertz CT molecular complexity index is 683. The predicted molar refractivity (Wildman–Crippen MR) is 90.1 cm³/mol. The molecular formula is C15H21N4S2+. The van der Waals surface area contributed by atoms with Gasteiger partial charge in [-0.1, -0.05) is 17.4 Å². The van der Waals surface area contributed by atoms with Crippen molar-refractivity contribution in [1.82, 2.24) is 9.78 Å². The van der Waals surface area contributed by atoms with Gasteiger partial charge in [-0.15, -0.1) is 5.10 Å². The minimum atomic E-state index is 0.848. The van der Waals surface area contributed by atoms with Gasteiger partial charge in [0.1, 0.15) is 0 Å². The first kappa shape index (κ1) is 14.7. The molecule has 1 aromatic carbocycles. The number of nitrogens with zero attached hydrogens (tertiary/aromatic N) is 2. The van der Waals surface area contributed by atoms with Crippen molar-refractivity contribution >= 4 is 34.4 Å². The number of quaternary nitrogens is 1. The van der Waals surface area contributed by atoms with Gasteiger partial charge in [0.15, 0.2) is 10.6 Å². The van der Waals surface area contributed by atoms with Gasteiger partial charge in [-0.25, -0.2) is 0 Å². The lowest BCUT2D eigenvalue weighted by Crippen LogP contribution is -3.09. The van der Waals surface area contributed by atoms with E-state index in [1.807, 2.05) is 4.68 Å². The fraction of sp³-hybridized carbons (Fsp3) is 0.467. The molecule has 2 heterocycles. The molecular weight excluding hydrogens is 300 g/mol. The number of aryl methyl sites for hydroxylation is 2. The van der Waals surface area contributed by atoms with Crippen LogP contribution in [-0.4, -0.2) is 22.9 Å². The predicted octanol–water partition coefficient (Wildman–Crippen LogP) is 2.67. The summed E-state index contributed by atoms with van der Waals surface area (Å²) in [5.41, 5.74) is 3.66. The van der Waals surface area contributed by atoms with E-state index in [4.69, 9.17) is 12.2 Å². The third-order valence-electron chi connectivity index (χ3n) is 4.05. The topological polar surface area (TPSA) is 34.3 Å². The van der Waals surface area contributed by atoms with Gasteiger partial charge >= 0.3 is 0 Å². The second kappa shape index (κ2) is 6.25. The van der Waals surface area contributed by atoms with Crippen LogP contribution < -0.4 is 10.2 Å². The number of anilines is 2. The summed E-state index contributed by atoms with van der Waals surface area (Å²) in [4.78, 5) is 1.58. The smallest absolute Gasteiger partial charge is 0.209 e. The zero-order valence-electron chi connectivity index (χ0n) is 12.5. The molecule has 0 atom stereocenters. The molecule has 0 bridgehead atoms. The van der Waals surface area contributed by atoms with Gasteiger partial charge < -0.3 is 10.2 Å². The number of nitrogens with one attached hydrogen (secondary N) is 2. The number of hydrogen-bond donors (Lipinski definition) is 2. The fourth-order valence-corrected chi connectivity index (χ4v) is 3.67. The van der Waals surface area contributed by atoms with Gasteiger partial charge in [-0.05, 0) is 49.3 Å². The van der Waals surface area contributed by atoms with Crippen molar-refractivity contribution in [2.75, 3.05) is 18.4 Å². The molecule has 0 saturated carbocycles. The van der Waals surface area contributed by atoms with Crippen molar-refractivity contribution in [3.05, 3.63) is 33.3 Å². The van der Waals surface area contributed by atoms with Crippen LogP contribution in [-0.2, 0) is 6.67 Å². The lowest BCUT2D eigenvalue weighted by Gasteiger charge is -2.11. The largest absolute Gasteiger partial charge is 0.330 e. The molecule has 0 unspecified atom stereocenters. The van der Waals surface area contributed by atoms with Gasteiger partial charge in [0.05, 0.1) is 13.1 Å². The highest BCUT2D eigenvalue weighted by molar-refractivity contribution is 7.73. The van der Waals surface area contributed by atoms with E-state index in [0.29, 0.717) is 0 Å². The molecule has 1 fully saturated rings. The van der Waals surface area contributed by atoms with Gasteiger partial charge in [-0.2, -0.15) is 4.68 Å². The summed E-state index contributed by atoms with van der Waals surface area (Å²) in [6.45, 7) is 7.61. The molecule has 0 radical (unpaired) electrons. The Labute approximate surface area is 134 Å². The highest BCUT2D eigenvalue weighted by Gasteiger charge is 2.17. The quantitative estimate of drug-likeness (QED) is 0.850. The molecule has 0 aliphatic carbocycles. The lowest BCUT2D eigenvalue weighted by molar-refractivity contribution is -0.911. The van der Waals surface area contributed by atoms with Crippen molar-refractivity contribution in [1.29, 1.82) is 0 Å². The van der Waals surface area contributed by atoms with E-state index in [9.17, 15) is 0 Å². The van der Waals surface area contributed by atoms with Crippen LogP contribution in [0.5, 0.6) is 0 Å². The van der Waals surface area contributed by atoms with Crippen LogP contribution in [0.25, 0.3) is 0 Å². The van der Waals surface area contributed by atoms with Gasteiger partial charge in [0, 0.05) is 18.5 Å². The third-order valence-corrected chi connectivity index (χ3v) is 5.27. The first-order valence-corrected chi connectivity index (χ1v) is 8.60. The first-order valence-electron chi connectivity index (χ1n) is 7.37. The Morgan fingerprint density at radius 1 is 1.29 bits per heavy atom. The molecule has 3 rings (SSSR count). The minimum absolute atomic E-state index is 0.848. The van der Waals surface area contributed by atoms with Gasteiger partial charge in [-0.3, -0.25) is 0 Å².